The van der Waals surface area contributed by atoms with Crippen LogP contribution in [0.1, 0.15) is 56.0 Å². The molecule has 1 aromatic carbocycles. The number of carbonyl (C=O) groups is 2. The molecule has 1 aliphatic rings. The molecule has 0 bridgehead atoms. The minimum Gasteiger partial charge on any atom is -0.301 e. The number of hydrogen-bond acceptors (Lipinski definition) is 7. The second-order valence-electron chi connectivity index (χ2n) is 7.35. The van der Waals surface area contributed by atoms with Gasteiger partial charge in [0.1, 0.15) is 9.33 Å². The summed E-state index contributed by atoms with van der Waals surface area (Å²) in [5.74, 6) is -0.123. The number of unbranched alkanes of at least 4 members (excludes halogenated alkanes) is 3. The molecule has 0 aliphatic carbocycles. The molecule has 2 amide bonds. The largest absolute Gasteiger partial charge is 0.301 e. The standard InChI is InChI=1S/C22H25ClN4O2S3/c1-2-3-8-19-25-26-21(32-19)24-18(28)7-5-4-6-13-27-20(29)17(31-22(27)30)14-15-9-11-16(23)12-10-15/h9-12,14H,2-8,13H2,1H3,(H,24,26,28). The van der Waals surface area contributed by atoms with Crippen LogP contribution in [0, 0.1) is 0 Å². The molecule has 1 aromatic heterocycles. The highest BCUT2D eigenvalue weighted by Crippen LogP contribution is 2.33. The van der Waals surface area contributed by atoms with Crippen molar-refractivity contribution in [2.24, 2.45) is 0 Å². The number of aromatic nitrogens is 2. The molecule has 1 fully saturated rings. The van der Waals surface area contributed by atoms with E-state index in [0.717, 1.165) is 49.1 Å². The molecule has 170 valence electrons. The normalized spacial score (nSPS) is 15.1. The lowest BCUT2D eigenvalue weighted by Gasteiger charge is -2.13. The van der Waals surface area contributed by atoms with Crippen molar-refractivity contribution in [3.05, 3.63) is 44.8 Å². The number of aryl methyl sites for hydroxylation is 1. The first-order chi connectivity index (χ1) is 15.5. The Morgan fingerprint density at radius 1 is 1.19 bits per heavy atom. The quantitative estimate of drug-likeness (QED) is 0.230. The van der Waals surface area contributed by atoms with E-state index in [-0.39, 0.29) is 11.8 Å². The topological polar surface area (TPSA) is 75.2 Å². The van der Waals surface area contributed by atoms with Gasteiger partial charge in [-0.2, -0.15) is 0 Å². The molecule has 3 rings (SSSR count). The monoisotopic (exact) mass is 508 g/mol. The van der Waals surface area contributed by atoms with Gasteiger partial charge in [0.15, 0.2) is 0 Å². The van der Waals surface area contributed by atoms with Crippen LogP contribution in [-0.2, 0) is 16.0 Å². The first kappa shape index (κ1) is 24.8. The van der Waals surface area contributed by atoms with Crippen molar-refractivity contribution >= 4 is 74.3 Å². The summed E-state index contributed by atoms with van der Waals surface area (Å²) in [5.41, 5.74) is 0.911. The van der Waals surface area contributed by atoms with Gasteiger partial charge in [-0.25, -0.2) is 0 Å². The van der Waals surface area contributed by atoms with Crippen molar-refractivity contribution < 1.29 is 9.59 Å². The van der Waals surface area contributed by atoms with Crippen LogP contribution < -0.4 is 5.32 Å². The van der Waals surface area contributed by atoms with E-state index in [1.807, 2.05) is 18.2 Å². The highest BCUT2D eigenvalue weighted by Gasteiger charge is 2.31. The lowest BCUT2D eigenvalue weighted by Crippen LogP contribution is -2.29. The summed E-state index contributed by atoms with van der Waals surface area (Å²) in [6, 6.07) is 7.32. The van der Waals surface area contributed by atoms with E-state index >= 15 is 0 Å². The van der Waals surface area contributed by atoms with E-state index in [9.17, 15) is 9.59 Å². The average molecular weight is 509 g/mol. The third-order valence-corrected chi connectivity index (χ3v) is 7.31. The fourth-order valence-electron chi connectivity index (χ4n) is 3.05. The van der Waals surface area contributed by atoms with E-state index < -0.39 is 0 Å². The highest BCUT2D eigenvalue weighted by molar-refractivity contribution is 8.26. The van der Waals surface area contributed by atoms with Crippen LogP contribution in [0.4, 0.5) is 5.13 Å². The molecule has 0 atom stereocenters. The van der Waals surface area contributed by atoms with Crippen LogP contribution in [0.3, 0.4) is 0 Å². The number of benzene rings is 1. The van der Waals surface area contributed by atoms with Gasteiger partial charge < -0.3 is 5.32 Å². The van der Waals surface area contributed by atoms with Gasteiger partial charge in [0.05, 0.1) is 4.91 Å². The Kier molecular flexibility index (Phi) is 9.65. The molecule has 2 aromatic rings. The number of carbonyl (C=O) groups excluding carboxylic acids is 2. The zero-order chi connectivity index (χ0) is 22.9. The molecule has 1 aliphatic heterocycles. The third-order valence-electron chi connectivity index (χ3n) is 4.78. The minimum absolute atomic E-state index is 0.0558. The van der Waals surface area contributed by atoms with Crippen LogP contribution in [0.5, 0.6) is 0 Å². The Hall–Kier alpha value is -1.81. The third kappa shape index (κ3) is 7.37. The summed E-state index contributed by atoms with van der Waals surface area (Å²) in [7, 11) is 0. The van der Waals surface area contributed by atoms with E-state index in [4.69, 9.17) is 23.8 Å². The first-order valence-corrected chi connectivity index (χ1v) is 13.0. The molecule has 0 saturated carbocycles. The van der Waals surface area contributed by atoms with Crippen molar-refractivity contribution in [2.75, 3.05) is 11.9 Å². The smallest absolute Gasteiger partial charge is 0.266 e. The van der Waals surface area contributed by atoms with Gasteiger partial charge in [-0.05, 0) is 43.0 Å². The number of hydrogen-bond donors (Lipinski definition) is 1. The van der Waals surface area contributed by atoms with E-state index in [1.54, 1.807) is 17.0 Å². The Morgan fingerprint density at radius 3 is 2.72 bits per heavy atom. The molecule has 0 unspecified atom stereocenters. The first-order valence-electron chi connectivity index (χ1n) is 10.6. The molecule has 0 spiro atoms. The summed E-state index contributed by atoms with van der Waals surface area (Å²) in [5, 5.41) is 13.1. The van der Waals surface area contributed by atoms with Gasteiger partial charge in [0, 0.05) is 24.4 Å². The number of nitrogens with zero attached hydrogens (tertiary/aromatic N) is 3. The van der Waals surface area contributed by atoms with E-state index in [0.29, 0.717) is 32.3 Å². The molecule has 1 saturated heterocycles. The number of anilines is 1. The number of halogens is 1. The molecular weight excluding hydrogens is 484 g/mol. The van der Waals surface area contributed by atoms with Crippen molar-refractivity contribution in [3.8, 4) is 0 Å². The van der Waals surface area contributed by atoms with Gasteiger partial charge in [0.25, 0.3) is 5.91 Å². The van der Waals surface area contributed by atoms with Crippen molar-refractivity contribution in [1.82, 2.24) is 15.1 Å². The van der Waals surface area contributed by atoms with Crippen LogP contribution >= 0.6 is 46.9 Å². The average Bonchev–Trinajstić information content (AvgIpc) is 3.32. The lowest BCUT2D eigenvalue weighted by atomic mass is 10.2. The highest BCUT2D eigenvalue weighted by atomic mass is 35.5. The van der Waals surface area contributed by atoms with E-state index in [1.165, 1.54) is 23.1 Å². The fourth-order valence-corrected chi connectivity index (χ4v) is 5.28. The molecule has 10 heteroatoms. The Morgan fingerprint density at radius 2 is 1.97 bits per heavy atom. The summed E-state index contributed by atoms with van der Waals surface area (Å²) in [6.45, 7) is 2.69. The number of thiocarbonyl (C=S) groups is 1. The zero-order valence-electron chi connectivity index (χ0n) is 17.8. The SMILES string of the molecule is CCCCc1nnc(NC(=O)CCCCCN2C(=O)C(=Cc3ccc(Cl)cc3)SC2=S)s1. The second-order valence-corrected chi connectivity index (χ2v) is 10.5. The van der Waals surface area contributed by atoms with E-state index in [2.05, 4.69) is 22.4 Å². The number of amides is 2. The molecule has 6 nitrogen and oxygen atoms in total. The molecule has 32 heavy (non-hydrogen) atoms. The lowest BCUT2D eigenvalue weighted by molar-refractivity contribution is -0.122. The van der Waals surface area contributed by atoms with Crippen molar-refractivity contribution in [3.63, 3.8) is 0 Å². The maximum absolute atomic E-state index is 12.7. The minimum atomic E-state index is -0.0668. The molecule has 2 heterocycles. The second kappa shape index (κ2) is 12.4. The van der Waals surface area contributed by atoms with Gasteiger partial charge in [0.2, 0.25) is 11.0 Å². The summed E-state index contributed by atoms with van der Waals surface area (Å²) in [6.07, 6.45) is 7.68. The summed E-state index contributed by atoms with van der Waals surface area (Å²) in [4.78, 5) is 27.1. The van der Waals surface area contributed by atoms with Crippen LogP contribution in [-0.4, -0.2) is 37.8 Å². The predicted octanol–water partition coefficient (Wildman–Crippen LogP) is 5.93. The van der Waals surface area contributed by atoms with Crippen LogP contribution in [0.2, 0.25) is 5.02 Å². The summed E-state index contributed by atoms with van der Waals surface area (Å²) < 4.78 is 0.572. The number of nitrogens with one attached hydrogen (secondary N) is 1. The molecule has 0 radical (unpaired) electrons. The molecule has 1 N–H and O–H groups in total. The summed E-state index contributed by atoms with van der Waals surface area (Å²) >= 11 is 14.0. The zero-order valence-corrected chi connectivity index (χ0v) is 21.0. The number of thioether (sulfide) groups is 1. The van der Waals surface area contributed by atoms with Crippen LogP contribution in [0.25, 0.3) is 6.08 Å². The Labute approximate surface area is 206 Å². The fraction of sp³-hybridized carbons (Fsp3) is 0.409. The van der Waals surface area contributed by atoms with Gasteiger partial charge in [-0.1, -0.05) is 78.8 Å². The van der Waals surface area contributed by atoms with Gasteiger partial charge in [-0.15, -0.1) is 10.2 Å². The van der Waals surface area contributed by atoms with Gasteiger partial charge >= 0.3 is 0 Å². The Bertz CT molecular complexity index is 991. The van der Waals surface area contributed by atoms with Crippen molar-refractivity contribution in [2.45, 2.75) is 51.9 Å². The Balaban J connectivity index is 1.37. The number of rotatable bonds is 11. The predicted molar refractivity (Wildman–Crippen MR) is 137 cm³/mol. The maximum Gasteiger partial charge on any atom is 0.266 e. The molecular formula is C22H25ClN4O2S3. The maximum atomic E-state index is 12.7. The van der Waals surface area contributed by atoms with Crippen LogP contribution in [0.15, 0.2) is 29.2 Å². The van der Waals surface area contributed by atoms with Crippen molar-refractivity contribution in [1.29, 1.82) is 0 Å². The van der Waals surface area contributed by atoms with Gasteiger partial charge in [-0.3, -0.25) is 14.5 Å².